The summed E-state index contributed by atoms with van der Waals surface area (Å²) in [5, 5.41) is 3.60. The van der Waals surface area contributed by atoms with E-state index in [1.54, 1.807) is 12.1 Å². The van der Waals surface area contributed by atoms with Gasteiger partial charge in [-0.25, -0.2) is 4.98 Å². The first kappa shape index (κ1) is 18.2. The van der Waals surface area contributed by atoms with Crippen molar-refractivity contribution in [3.8, 4) is 11.5 Å². The number of carbonyl (C=O) groups is 1. The van der Waals surface area contributed by atoms with E-state index in [1.807, 2.05) is 30.3 Å². The minimum atomic E-state index is -0.299. The molecule has 3 aliphatic rings. The Morgan fingerprint density at radius 3 is 2.74 bits per heavy atom. The molecule has 2 bridgehead atoms. The quantitative estimate of drug-likeness (QED) is 0.641. The normalized spacial score (nSPS) is 25.7. The zero-order valence-electron chi connectivity index (χ0n) is 16.7. The number of allylic oxidation sites excluding steroid dienone is 2. The van der Waals surface area contributed by atoms with E-state index in [0.717, 1.165) is 6.42 Å². The molecule has 156 valence electrons. The molecule has 7 heteroatoms. The van der Waals surface area contributed by atoms with Gasteiger partial charge in [0.2, 0.25) is 5.91 Å². The fraction of sp³-hybridized carbons (Fsp3) is 0.292. The van der Waals surface area contributed by atoms with E-state index >= 15 is 0 Å². The predicted octanol–water partition coefficient (Wildman–Crippen LogP) is 3.24. The number of benzene rings is 2. The number of anilines is 1. The molecule has 6 rings (SSSR count). The zero-order valence-corrected chi connectivity index (χ0v) is 16.7. The van der Waals surface area contributed by atoms with Gasteiger partial charge in [0.05, 0.1) is 16.8 Å². The summed E-state index contributed by atoms with van der Waals surface area (Å²) in [7, 11) is 0. The Labute approximate surface area is 178 Å². The Hall–Kier alpha value is -3.61. The van der Waals surface area contributed by atoms with Crippen LogP contribution in [0.1, 0.15) is 18.2 Å². The third-order valence-electron chi connectivity index (χ3n) is 6.52. The maximum Gasteiger partial charge on any atom is 0.258 e. The Kier molecular flexibility index (Phi) is 4.09. The first-order valence-electron chi connectivity index (χ1n) is 10.6. The SMILES string of the molecule is O=C(Nc1ccc2c(c1)OCCO2)[C@@H]1[C@H](c2nc3ccccc3c(=O)[nH]2)[C@@H]2C=C[C@H]1C2. The summed E-state index contributed by atoms with van der Waals surface area (Å²) in [5.41, 5.74) is 1.15. The van der Waals surface area contributed by atoms with Gasteiger partial charge < -0.3 is 19.8 Å². The molecule has 1 aromatic heterocycles. The fourth-order valence-electron chi connectivity index (χ4n) is 5.16. The highest BCUT2D eigenvalue weighted by Gasteiger charge is 2.50. The molecular weight excluding hydrogens is 394 g/mol. The molecule has 2 aromatic carbocycles. The second-order valence-corrected chi connectivity index (χ2v) is 8.32. The number of fused-ring (bicyclic) bond motifs is 4. The van der Waals surface area contributed by atoms with Gasteiger partial charge in [-0.2, -0.15) is 0 Å². The third kappa shape index (κ3) is 3.00. The van der Waals surface area contributed by atoms with E-state index in [1.165, 1.54) is 0 Å². The van der Waals surface area contributed by atoms with Gasteiger partial charge in [-0.1, -0.05) is 24.3 Å². The number of para-hydroxylation sites is 1. The molecule has 3 aromatic rings. The van der Waals surface area contributed by atoms with Crippen molar-refractivity contribution in [2.75, 3.05) is 18.5 Å². The van der Waals surface area contributed by atoms with Gasteiger partial charge in [0, 0.05) is 17.7 Å². The Morgan fingerprint density at radius 1 is 1.03 bits per heavy atom. The van der Waals surface area contributed by atoms with Crippen LogP contribution in [0.4, 0.5) is 5.69 Å². The van der Waals surface area contributed by atoms with Crippen LogP contribution in [0, 0.1) is 17.8 Å². The van der Waals surface area contributed by atoms with E-state index in [-0.39, 0.29) is 35.1 Å². The maximum atomic E-state index is 13.4. The van der Waals surface area contributed by atoms with E-state index in [4.69, 9.17) is 14.5 Å². The summed E-state index contributed by atoms with van der Waals surface area (Å²) in [4.78, 5) is 33.7. The predicted molar refractivity (Wildman–Crippen MR) is 115 cm³/mol. The number of nitrogens with one attached hydrogen (secondary N) is 2. The van der Waals surface area contributed by atoms with Gasteiger partial charge in [-0.3, -0.25) is 9.59 Å². The highest BCUT2D eigenvalue weighted by atomic mass is 16.6. The molecule has 1 fully saturated rings. The minimum absolute atomic E-state index is 0.0747. The molecule has 0 spiro atoms. The second-order valence-electron chi connectivity index (χ2n) is 8.32. The van der Waals surface area contributed by atoms with Gasteiger partial charge in [0.1, 0.15) is 19.0 Å². The highest BCUT2D eigenvalue weighted by Crippen LogP contribution is 2.52. The van der Waals surface area contributed by atoms with Gasteiger partial charge in [-0.15, -0.1) is 0 Å². The van der Waals surface area contributed by atoms with Crippen LogP contribution in [0.5, 0.6) is 11.5 Å². The summed E-state index contributed by atoms with van der Waals surface area (Å²) >= 11 is 0. The summed E-state index contributed by atoms with van der Waals surface area (Å²) in [6.45, 7) is 1.01. The topological polar surface area (TPSA) is 93.3 Å². The Bertz CT molecular complexity index is 1280. The van der Waals surface area contributed by atoms with Crippen molar-refractivity contribution in [3.63, 3.8) is 0 Å². The molecule has 2 N–H and O–H groups in total. The van der Waals surface area contributed by atoms with Crippen molar-refractivity contribution in [2.24, 2.45) is 17.8 Å². The van der Waals surface area contributed by atoms with Gasteiger partial charge in [0.25, 0.3) is 5.56 Å². The summed E-state index contributed by atoms with van der Waals surface area (Å²) in [6.07, 6.45) is 5.16. The van der Waals surface area contributed by atoms with Crippen molar-refractivity contribution >= 4 is 22.5 Å². The number of rotatable bonds is 3. The van der Waals surface area contributed by atoms with Crippen LogP contribution in [0.2, 0.25) is 0 Å². The molecule has 7 nitrogen and oxygen atoms in total. The van der Waals surface area contributed by atoms with Crippen molar-refractivity contribution in [2.45, 2.75) is 12.3 Å². The summed E-state index contributed by atoms with van der Waals surface area (Å²) < 4.78 is 11.2. The number of ether oxygens (including phenoxy) is 2. The van der Waals surface area contributed by atoms with E-state index in [0.29, 0.717) is 47.1 Å². The van der Waals surface area contributed by atoms with Crippen LogP contribution in [0.25, 0.3) is 10.9 Å². The number of H-pyrrole nitrogens is 1. The number of aromatic amines is 1. The second kappa shape index (κ2) is 6.97. The van der Waals surface area contributed by atoms with Crippen LogP contribution in [-0.4, -0.2) is 29.1 Å². The lowest BCUT2D eigenvalue weighted by Crippen LogP contribution is -2.33. The lowest BCUT2D eigenvalue weighted by molar-refractivity contribution is -0.121. The first-order valence-corrected chi connectivity index (χ1v) is 10.6. The highest BCUT2D eigenvalue weighted by molar-refractivity contribution is 5.94. The molecular formula is C24H21N3O4. The molecule has 0 radical (unpaired) electrons. The van der Waals surface area contributed by atoms with Crippen LogP contribution < -0.4 is 20.3 Å². The van der Waals surface area contributed by atoms with Gasteiger partial charge >= 0.3 is 0 Å². The first-order chi connectivity index (χ1) is 15.2. The zero-order chi connectivity index (χ0) is 20.9. The standard InChI is InChI=1S/C24H21N3O4/c28-23-16-3-1-2-4-17(16)26-22(27-23)20-13-5-6-14(11-13)21(20)24(29)25-15-7-8-18-19(12-15)31-10-9-30-18/h1-8,12-14,20-21H,9-11H2,(H,25,29)(H,26,27,28)/t13-,14+,20-,21+/m1/s1. The van der Waals surface area contributed by atoms with E-state index in [2.05, 4.69) is 22.5 Å². The van der Waals surface area contributed by atoms with Crippen molar-refractivity contribution < 1.29 is 14.3 Å². The average molecular weight is 415 g/mol. The van der Waals surface area contributed by atoms with Gasteiger partial charge in [0.15, 0.2) is 11.5 Å². The molecule has 2 aliphatic carbocycles. The van der Waals surface area contributed by atoms with E-state index < -0.39 is 0 Å². The van der Waals surface area contributed by atoms with Gasteiger partial charge in [-0.05, 0) is 42.5 Å². The molecule has 1 amide bonds. The van der Waals surface area contributed by atoms with Crippen molar-refractivity contribution in [1.82, 2.24) is 9.97 Å². The fourth-order valence-corrected chi connectivity index (χ4v) is 5.16. The molecule has 1 saturated carbocycles. The lowest BCUT2D eigenvalue weighted by Gasteiger charge is -2.27. The molecule has 31 heavy (non-hydrogen) atoms. The smallest absolute Gasteiger partial charge is 0.258 e. The number of hydrogen-bond acceptors (Lipinski definition) is 5. The Balaban J connectivity index is 1.33. The number of nitrogens with zero attached hydrogens (tertiary/aromatic N) is 1. The molecule has 1 aliphatic heterocycles. The molecule has 0 unspecified atom stereocenters. The average Bonchev–Trinajstić information content (AvgIpc) is 3.41. The van der Waals surface area contributed by atoms with Crippen molar-refractivity contribution in [1.29, 1.82) is 0 Å². The van der Waals surface area contributed by atoms with Crippen LogP contribution >= 0.6 is 0 Å². The Morgan fingerprint density at radius 2 is 1.84 bits per heavy atom. The van der Waals surface area contributed by atoms with Crippen LogP contribution in [0.15, 0.2) is 59.4 Å². The summed E-state index contributed by atoms with van der Waals surface area (Å²) in [6, 6.07) is 12.7. The monoisotopic (exact) mass is 415 g/mol. The largest absolute Gasteiger partial charge is 0.486 e. The number of hydrogen-bond donors (Lipinski definition) is 2. The van der Waals surface area contributed by atoms with Crippen molar-refractivity contribution in [3.05, 3.63) is 70.8 Å². The number of aromatic nitrogens is 2. The molecule has 0 saturated heterocycles. The third-order valence-corrected chi connectivity index (χ3v) is 6.52. The maximum absolute atomic E-state index is 13.4. The molecule has 4 atom stereocenters. The van der Waals surface area contributed by atoms with E-state index in [9.17, 15) is 9.59 Å². The number of carbonyl (C=O) groups excluding carboxylic acids is 1. The lowest BCUT2D eigenvalue weighted by atomic mass is 9.81. The minimum Gasteiger partial charge on any atom is -0.486 e. The summed E-state index contributed by atoms with van der Waals surface area (Å²) in [5.74, 6) is 1.68. The van der Waals surface area contributed by atoms with Crippen LogP contribution in [-0.2, 0) is 4.79 Å². The number of amides is 1. The van der Waals surface area contributed by atoms with Crippen LogP contribution in [0.3, 0.4) is 0 Å². The molecule has 2 heterocycles.